The number of Topliss-reactive ketones (excluding diaryl/α,β-unsaturated/α-hetero) is 1. The molecule has 1 atom stereocenters. The molecule has 4 N–H and O–H groups in total. The van der Waals surface area contributed by atoms with E-state index < -0.39 is 11.9 Å². The molecule has 0 spiro atoms. The Hall–Kier alpha value is -6.54. The van der Waals surface area contributed by atoms with E-state index in [0.717, 1.165) is 80.0 Å². The molecule has 1 saturated carbocycles. The maximum atomic E-state index is 13.6. The Morgan fingerprint density at radius 1 is 0.897 bits per heavy atom. The van der Waals surface area contributed by atoms with E-state index >= 15 is 0 Å². The number of ketones is 1. The monoisotopic (exact) mass is 930 g/mol. The van der Waals surface area contributed by atoms with Crippen LogP contribution in [0.4, 0.5) is 17.3 Å². The van der Waals surface area contributed by atoms with Crippen LogP contribution in [0.2, 0.25) is 0 Å². The van der Waals surface area contributed by atoms with E-state index in [0.29, 0.717) is 108 Å². The van der Waals surface area contributed by atoms with Crippen molar-refractivity contribution >= 4 is 62.8 Å². The summed E-state index contributed by atoms with van der Waals surface area (Å²) in [6.07, 6.45) is 3.53. The number of hydrogen-bond donors (Lipinski definition) is 4. The average molecular weight is 931 g/mol. The molecule has 1 saturated heterocycles. The van der Waals surface area contributed by atoms with E-state index in [-0.39, 0.29) is 36.3 Å². The summed E-state index contributed by atoms with van der Waals surface area (Å²) >= 11 is 0. The largest absolute Gasteiger partial charge is 0.382 e. The Morgan fingerprint density at radius 2 is 1.65 bits per heavy atom. The fourth-order valence-electron chi connectivity index (χ4n) is 9.00. The predicted molar refractivity (Wildman–Crippen MR) is 252 cm³/mol. The molecule has 19 heteroatoms. The van der Waals surface area contributed by atoms with E-state index in [4.69, 9.17) is 38.5 Å². The third kappa shape index (κ3) is 10.2. The lowest BCUT2D eigenvalue weighted by Gasteiger charge is -2.29. The predicted octanol–water partition coefficient (Wildman–Crippen LogP) is 6.43. The van der Waals surface area contributed by atoms with Gasteiger partial charge in [-0.3, -0.25) is 24.5 Å². The Morgan fingerprint density at radius 3 is 2.35 bits per heavy atom. The summed E-state index contributed by atoms with van der Waals surface area (Å²) in [6.45, 7) is 12.7. The molecule has 3 aliphatic rings. The Bertz CT molecular complexity index is 2830. The van der Waals surface area contributed by atoms with Crippen LogP contribution in [0.15, 0.2) is 40.9 Å². The van der Waals surface area contributed by atoms with Crippen molar-refractivity contribution in [2.75, 3.05) is 70.0 Å². The van der Waals surface area contributed by atoms with Crippen LogP contribution in [0.25, 0.3) is 33.1 Å². The Kier molecular flexibility index (Phi) is 14.2. The quantitative estimate of drug-likeness (QED) is 0.0291. The van der Waals surface area contributed by atoms with Crippen LogP contribution >= 0.6 is 0 Å². The van der Waals surface area contributed by atoms with Crippen LogP contribution in [-0.2, 0) is 41.6 Å². The number of aromatic nitrogens is 6. The van der Waals surface area contributed by atoms with E-state index in [1.807, 2.05) is 30.7 Å². The number of ether oxygens (including phenoxy) is 4. The van der Waals surface area contributed by atoms with E-state index in [1.165, 1.54) is 0 Å². The van der Waals surface area contributed by atoms with Gasteiger partial charge in [0.15, 0.2) is 11.6 Å². The molecule has 2 aromatic carbocycles. The highest BCUT2D eigenvalue weighted by Gasteiger charge is 2.40. The van der Waals surface area contributed by atoms with Crippen molar-refractivity contribution in [1.82, 2.24) is 40.1 Å². The molecule has 19 nitrogen and oxygen atoms in total. The van der Waals surface area contributed by atoms with E-state index in [1.54, 1.807) is 11.0 Å². The van der Waals surface area contributed by atoms with Crippen LogP contribution in [-0.4, -0.2) is 124 Å². The van der Waals surface area contributed by atoms with Crippen LogP contribution < -0.4 is 16.0 Å². The molecule has 6 heterocycles. The lowest BCUT2D eigenvalue weighted by molar-refractivity contribution is -0.136. The van der Waals surface area contributed by atoms with Gasteiger partial charge in [-0.25, -0.2) is 14.6 Å². The third-order valence-corrected chi connectivity index (χ3v) is 12.6. The zero-order valence-electron chi connectivity index (χ0n) is 39.0. The van der Waals surface area contributed by atoms with Crippen molar-refractivity contribution in [3.63, 3.8) is 0 Å². The number of carbonyl (C=O) groups excluding carboxylic acids is 4. The summed E-state index contributed by atoms with van der Waals surface area (Å²) in [6, 6.07) is 11.1. The average Bonchev–Trinajstić information content (AvgIpc) is 3.71. The summed E-state index contributed by atoms with van der Waals surface area (Å²) in [5.74, 6) is 1.59. The van der Waals surface area contributed by atoms with Crippen molar-refractivity contribution in [3.05, 3.63) is 76.1 Å². The number of imide groups is 1. The van der Waals surface area contributed by atoms with Gasteiger partial charge in [-0.05, 0) is 88.8 Å². The van der Waals surface area contributed by atoms with Gasteiger partial charge in [0.25, 0.3) is 5.91 Å². The minimum Gasteiger partial charge on any atom is -0.382 e. The minimum absolute atomic E-state index is 0.125. The van der Waals surface area contributed by atoms with Gasteiger partial charge in [0, 0.05) is 84.3 Å². The number of nitrogens with zero attached hydrogens (tertiary/aromatic N) is 6. The molecule has 3 amide bonds. The minimum atomic E-state index is -0.655. The topological polar surface area (TPSA) is 230 Å². The molecule has 1 unspecified atom stereocenters. The molecular formula is C49H58N10O9. The normalized spacial score (nSPS) is 16.0. The van der Waals surface area contributed by atoms with Crippen LogP contribution in [0.1, 0.15) is 101 Å². The van der Waals surface area contributed by atoms with Crippen molar-refractivity contribution < 1.29 is 42.6 Å². The van der Waals surface area contributed by atoms with Crippen LogP contribution in [0, 0.1) is 20.8 Å². The summed E-state index contributed by atoms with van der Waals surface area (Å²) in [5, 5.41) is 20.0. The van der Waals surface area contributed by atoms with Gasteiger partial charge in [0.2, 0.25) is 11.8 Å². The Labute approximate surface area is 393 Å². The fourth-order valence-corrected chi connectivity index (χ4v) is 9.00. The van der Waals surface area contributed by atoms with Gasteiger partial charge in [0.1, 0.15) is 29.1 Å². The maximum absolute atomic E-state index is 13.6. The number of nitrogens with one attached hydrogen (secondary N) is 4. The van der Waals surface area contributed by atoms with Crippen molar-refractivity contribution in [3.8, 4) is 11.1 Å². The zero-order valence-corrected chi connectivity index (χ0v) is 39.0. The second-order valence-electron chi connectivity index (χ2n) is 17.5. The van der Waals surface area contributed by atoms with E-state index in [9.17, 15) is 19.2 Å². The molecule has 4 aromatic heterocycles. The fraction of sp³-hybridized carbons (Fsp3) is 0.469. The summed E-state index contributed by atoms with van der Waals surface area (Å²) in [7, 11) is 0. The number of carbonyl (C=O) groups is 4. The molecule has 68 heavy (non-hydrogen) atoms. The molecule has 0 bridgehead atoms. The smallest absolute Gasteiger partial charge is 0.255 e. The first-order valence-electron chi connectivity index (χ1n) is 23.5. The van der Waals surface area contributed by atoms with Crippen LogP contribution in [0.5, 0.6) is 0 Å². The standard InChI is InChI=1S/C49H58N10O9/c1-5-59-41(26-37(56-59)31-11-12-31)52-47-44-34-24-28(2)33(43-29(3)57-68-30(43)4)25-38(34)51-46(44)54-45(55-47)40(60)10-7-16-64-18-20-66-22-23-67-21-19-65-17-15-50-36-9-6-8-32-35(36)27-58(49(32)63)39-13-14-42(61)53-48(39)62/h6,8-9,24-26,31,39,50H,5,7,10-23,27H2,1-4H3,(H,53,61,62)(H2,51,52,54,55). The van der Waals surface area contributed by atoms with Gasteiger partial charge >= 0.3 is 0 Å². The molecule has 2 fully saturated rings. The van der Waals surface area contributed by atoms with Crippen molar-refractivity contribution in [2.24, 2.45) is 0 Å². The van der Waals surface area contributed by atoms with Crippen molar-refractivity contribution in [2.45, 2.75) is 91.3 Å². The maximum Gasteiger partial charge on any atom is 0.255 e. The number of rotatable bonds is 24. The second kappa shape index (κ2) is 20.8. The molecule has 1 aliphatic carbocycles. The van der Waals surface area contributed by atoms with Gasteiger partial charge in [-0.2, -0.15) is 5.10 Å². The number of fused-ring (bicyclic) bond motifs is 4. The number of H-pyrrole nitrogens is 1. The Balaban J connectivity index is 0.689. The molecule has 6 aromatic rings. The number of anilines is 3. The van der Waals surface area contributed by atoms with Crippen LogP contribution in [0.3, 0.4) is 0 Å². The third-order valence-electron chi connectivity index (χ3n) is 12.6. The highest BCUT2D eigenvalue weighted by molar-refractivity contribution is 6.14. The number of piperidine rings is 1. The highest BCUT2D eigenvalue weighted by Crippen LogP contribution is 2.42. The molecule has 0 radical (unpaired) electrons. The molecule has 2 aliphatic heterocycles. The van der Waals surface area contributed by atoms with Crippen molar-refractivity contribution in [1.29, 1.82) is 0 Å². The first-order valence-corrected chi connectivity index (χ1v) is 23.5. The first kappa shape index (κ1) is 46.6. The number of hydrogen-bond acceptors (Lipinski definition) is 15. The summed E-state index contributed by atoms with van der Waals surface area (Å²) in [4.78, 5) is 65.3. The number of aryl methyl sites for hydroxylation is 4. The first-order chi connectivity index (χ1) is 33.1. The van der Waals surface area contributed by atoms with Gasteiger partial charge < -0.3 is 44.0 Å². The number of aromatic amines is 1. The lowest BCUT2D eigenvalue weighted by atomic mass is 9.97. The molecule has 9 rings (SSSR count). The molecular weight excluding hydrogens is 873 g/mol. The van der Waals surface area contributed by atoms with Gasteiger partial charge in [0.05, 0.1) is 63.0 Å². The zero-order chi connectivity index (χ0) is 47.3. The summed E-state index contributed by atoms with van der Waals surface area (Å²) in [5.41, 5.74) is 8.54. The summed E-state index contributed by atoms with van der Waals surface area (Å²) < 4.78 is 30.2. The van der Waals surface area contributed by atoms with E-state index in [2.05, 4.69) is 58.1 Å². The van der Waals surface area contributed by atoms with Gasteiger partial charge in [-0.15, -0.1) is 0 Å². The second-order valence-corrected chi connectivity index (χ2v) is 17.5. The highest BCUT2D eigenvalue weighted by atomic mass is 16.6. The molecule has 358 valence electrons. The van der Waals surface area contributed by atoms with Gasteiger partial charge in [-0.1, -0.05) is 11.2 Å². The number of benzene rings is 2. The number of amides is 3. The SMILES string of the molecule is CCn1nc(C2CC2)cc1Nc1nc(C(=O)CCCOCCOCCOCCOCCNc2cccc3c2CN(C2CCC(=O)NC2=O)C3=O)nc2[nH]c3cc(-c4c(C)noc4C)c(C)cc3c12. The lowest BCUT2D eigenvalue weighted by Crippen LogP contribution is -2.52.